The van der Waals surface area contributed by atoms with Gasteiger partial charge in [0.05, 0.1) is 13.2 Å². The molecule has 0 fully saturated rings. The molecule has 0 aliphatic heterocycles. The quantitative estimate of drug-likeness (QED) is 0.859. The molecule has 5 nitrogen and oxygen atoms in total. The van der Waals surface area contributed by atoms with Crippen molar-refractivity contribution in [3.05, 3.63) is 53.0 Å². The lowest BCUT2D eigenvalue weighted by atomic mass is 9.96. The van der Waals surface area contributed by atoms with Gasteiger partial charge < -0.3 is 19.6 Å². The van der Waals surface area contributed by atoms with Crippen molar-refractivity contribution in [3.63, 3.8) is 0 Å². The smallest absolute Gasteiger partial charge is 0.251 e. The van der Waals surface area contributed by atoms with Gasteiger partial charge in [-0.25, -0.2) is 0 Å². The number of nitrogens with one attached hydrogen (secondary N) is 1. The molecular formula is C18H23NO4. The van der Waals surface area contributed by atoms with E-state index in [4.69, 9.17) is 9.15 Å². The fourth-order valence-electron chi connectivity index (χ4n) is 2.51. The minimum absolute atomic E-state index is 0.0878. The zero-order valence-electron chi connectivity index (χ0n) is 14.0. The third-order valence-corrected chi connectivity index (χ3v) is 3.62. The number of rotatable bonds is 6. The summed E-state index contributed by atoms with van der Waals surface area (Å²) < 4.78 is 10.8. The Hall–Kier alpha value is -2.27. The average molecular weight is 317 g/mol. The van der Waals surface area contributed by atoms with Gasteiger partial charge in [0.1, 0.15) is 22.9 Å². The number of carbonyl (C=O) groups excluding carboxylic acids is 1. The Morgan fingerprint density at radius 2 is 2.09 bits per heavy atom. The summed E-state index contributed by atoms with van der Waals surface area (Å²) in [4.78, 5) is 12.3. The highest BCUT2D eigenvalue weighted by atomic mass is 16.5. The number of amides is 1. The Balaban J connectivity index is 2.06. The molecule has 0 bridgehead atoms. The predicted molar refractivity (Wildman–Crippen MR) is 87.7 cm³/mol. The third kappa shape index (κ3) is 4.13. The monoisotopic (exact) mass is 317 g/mol. The zero-order valence-corrected chi connectivity index (χ0v) is 14.0. The number of furan rings is 1. The summed E-state index contributed by atoms with van der Waals surface area (Å²) in [5.74, 6) is 1.77. The third-order valence-electron chi connectivity index (χ3n) is 3.62. The van der Waals surface area contributed by atoms with Crippen LogP contribution in [-0.4, -0.2) is 24.2 Å². The number of carbonyl (C=O) groups is 1. The van der Waals surface area contributed by atoms with Crippen LogP contribution in [0, 0.1) is 13.8 Å². The summed E-state index contributed by atoms with van der Waals surface area (Å²) in [6.45, 7) is 7.79. The molecule has 0 spiro atoms. The molecule has 0 aliphatic carbocycles. The number of ether oxygens (including phenoxy) is 1. The van der Waals surface area contributed by atoms with Crippen molar-refractivity contribution in [1.29, 1.82) is 0 Å². The van der Waals surface area contributed by atoms with E-state index in [1.165, 1.54) is 0 Å². The summed E-state index contributed by atoms with van der Waals surface area (Å²) >= 11 is 0. The van der Waals surface area contributed by atoms with Crippen molar-refractivity contribution in [2.45, 2.75) is 33.3 Å². The van der Waals surface area contributed by atoms with E-state index in [1.54, 1.807) is 44.2 Å². The van der Waals surface area contributed by atoms with E-state index in [-0.39, 0.29) is 12.5 Å². The highest BCUT2D eigenvalue weighted by Crippen LogP contribution is 2.26. The van der Waals surface area contributed by atoms with Gasteiger partial charge in [-0.2, -0.15) is 0 Å². The summed E-state index contributed by atoms with van der Waals surface area (Å²) in [5.41, 5.74) is -0.0279. The van der Waals surface area contributed by atoms with Crippen LogP contribution in [0.4, 0.5) is 0 Å². The second kappa shape index (κ2) is 6.87. The second-order valence-electron chi connectivity index (χ2n) is 5.74. The largest absolute Gasteiger partial charge is 0.494 e. The van der Waals surface area contributed by atoms with Crippen molar-refractivity contribution >= 4 is 5.91 Å². The lowest BCUT2D eigenvalue weighted by molar-refractivity contribution is 0.0514. The van der Waals surface area contributed by atoms with Gasteiger partial charge in [0.15, 0.2) is 0 Å². The molecule has 2 N–H and O–H groups in total. The maximum absolute atomic E-state index is 12.3. The predicted octanol–water partition coefficient (Wildman–Crippen LogP) is 2.93. The van der Waals surface area contributed by atoms with Crippen LogP contribution in [0.3, 0.4) is 0 Å². The first-order valence-electron chi connectivity index (χ1n) is 7.64. The molecule has 2 aromatic rings. The van der Waals surface area contributed by atoms with E-state index in [9.17, 15) is 9.90 Å². The SMILES string of the molecule is CCOc1cccc(C(=O)NCC(C)(O)c2cc(C)oc2C)c1. The lowest BCUT2D eigenvalue weighted by Crippen LogP contribution is -2.38. The van der Waals surface area contributed by atoms with E-state index in [2.05, 4.69) is 5.32 Å². The molecule has 1 unspecified atom stereocenters. The topological polar surface area (TPSA) is 71.7 Å². The highest BCUT2D eigenvalue weighted by Gasteiger charge is 2.28. The maximum atomic E-state index is 12.3. The van der Waals surface area contributed by atoms with Crippen LogP contribution < -0.4 is 10.1 Å². The number of hydrogen-bond acceptors (Lipinski definition) is 4. The minimum atomic E-state index is -1.20. The van der Waals surface area contributed by atoms with Gasteiger partial charge in [0, 0.05) is 11.1 Å². The summed E-state index contributed by atoms with van der Waals surface area (Å²) in [5, 5.41) is 13.4. The molecule has 2 rings (SSSR count). The average Bonchev–Trinajstić information content (AvgIpc) is 2.85. The van der Waals surface area contributed by atoms with Gasteiger partial charge in [-0.15, -0.1) is 0 Å². The molecule has 0 saturated heterocycles. The van der Waals surface area contributed by atoms with Gasteiger partial charge in [-0.05, 0) is 52.0 Å². The van der Waals surface area contributed by atoms with Crippen LogP contribution in [0.15, 0.2) is 34.7 Å². The molecule has 0 radical (unpaired) electrons. The van der Waals surface area contributed by atoms with Crippen LogP contribution in [0.25, 0.3) is 0 Å². The van der Waals surface area contributed by atoms with Crippen molar-refractivity contribution in [2.24, 2.45) is 0 Å². The van der Waals surface area contributed by atoms with Crippen LogP contribution in [0.2, 0.25) is 0 Å². The van der Waals surface area contributed by atoms with Crippen LogP contribution in [0.1, 0.15) is 41.3 Å². The molecule has 5 heteroatoms. The van der Waals surface area contributed by atoms with Gasteiger partial charge in [-0.3, -0.25) is 4.79 Å². The molecule has 1 aromatic heterocycles. The van der Waals surface area contributed by atoms with E-state index < -0.39 is 5.60 Å². The fourth-order valence-corrected chi connectivity index (χ4v) is 2.51. The molecule has 0 aliphatic rings. The van der Waals surface area contributed by atoms with Crippen molar-refractivity contribution in [3.8, 4) is 5.75 Å². The second-order valence-corrected chi connectivity index (χ2v) is 5.74. The van der Waals surface area contributed by atoms with E-state index in [0.717, 1.165) is 5.76 Å². The van der Waals surface area contributed by atoms with Crippen molar-refractivity contribution < 1.29 is 19.1 Å². The van der Waals surface area contributed by atoms with Crippen LogP contribution in [-0.2, 0) is 5.60 Å². The van der Waals surface area contributed by atoms with Crippen LogP contribution >= 0.6 is 0 Å². The Kier molecular flexibility index (Phi) is 5.11. The highest BCUT2D eigenvalue weighted by molar-refractivity contribution is 5.94. The standard InChI is InChI=1S/C18H23NO4/c1-5-22-15-8-6-7-14(10-15)17(20)19-11-18(4,21)16-9-12(2)23-13(16)3/h6-10,21H,5,11H2,1-4H3,(H,19,20). The summed E-state index contributed by atoms with van der Waals surface area (Å²) in [7, 11) is 0. The number of aryl methyl sites for hydroxylation is 2. The van der Waals surface area contributed by atoms with Gasteiger partial charge in [0.2, 0.25) is 0 Å². The Labute approximate surface area is 136 Å². The Bertz CT molecular complexity index is 688. The number of benzene rings is 1. The van der Waals surface area contributed by atoms with E-state index in [0.29, 0.717) is 29.2 Å². The fraction of sp³-hybridized carbons (Fsp3) is 0.389. The molecule has 1 amide bonds. The number of hydrogen-bond donors (Lipinski definition) is 2. The van der Waals surface area contributed by atoms with Gasteiger partial charge in [0.25, 0.3) is 5.91 Å². The molecule has 1 atom stereocenters. The zero-order chi connectivity index (χ0) is 17.0. The normalized spacial score (nSPS) is 13.4. The molecular weight excluding hydrogens is 294 g/mol. The van der Waals surface area contributed by atoms with Crippen molar-refractivity contribution in [2.75, 3.05) is 13.2 Å². The molecule has 23 heavy (non-hydrogen) atoms. The first-order chi connectivity index (χ1) is 10.8. The van der Waals surface area contributed by atoms with Gasteiger partial charge in [-0.1, -0.05) is 6.07 Å². The number of aliphatic hydroxyl groups is 1. The first-order valence-corrected chi connectivity index (χ1v) is 7.64. The van der Waals surface area contributed by atoms with E-state index >= 15 is 0 Å². The van der Waals surface area contributed by atoms with Gasteiger partial charge >= 0.3 is 0 Å². The summed E-state index contributed by atoms with van der Waals surface area (Å²) in [6, 6.07) is 8.74. The van der Waals surface area contributed by atoms with E-state index in [1.807, 2.05) is 13.8 Å². The Morgan fingerprint density at radius 3 is 2.70 bits per heavy atom. The summed E-state index contributed by atoms with van der Waals surface area (Å²) in [6.07, 6.45) is 0. The lowest BCUT2D eigenvalue weighted by Gasteiger charge is -2.23. The molecule has 0 saturated carbocycles. The Morgan fingerprint density at radius 1 is 1.35 bits per heavy atom. The molecule has 1 heterocycles. The molecule has 1 aromatic carbocycles. The van der Waals surface area contributed by atoms with Crippen LogP contribution in [0.5, 0.6) is 5.75 Å². The first kappa shape index (κ1) is 17.1. The minimum Gasteiger partial charge on any atom is -0.494 e. The van der Waals surface area contributed by atoms with Crippen molar-refractivity contribution in [1.82, 2.24) is 5.32 Å². The maximum Gasteiger partial charge on any atom is 0.251 e. The molecule has 124 valence electrons.